The highest BCUT2D eigenvalue weighted by Crippen LogP contribution is 2.49. The SMILES string of the molecule is COc1cccc2c(-c3ccc4c(c3O)C(C)NC(C)C4)c(O)cc(OC)c12. The van der Waals surface area contributed by atoms with E-state index in [1.54, 1.807) is 20.3 Å². The van der Waals surface area contributed by atoms with Crippen LogP contribution in [0.15, 0.2) is 36.4 Å². The van der Waals surface area contributed by atoms with E-state index in [0.717, 1.165) is 28.3 Å². The van der Waals surface area contributed by atoms with Gasteiger partial charge in [0.05, 0.1) is 19.6 Å². The molecular weight excluding hydrogens is 354 g/mol. The van der Waals surface area contributed by atoms with Gasteiger partial charge in [0.1, 0.15) is 23.0 Å². The number of fused-ring (bicyclic) bond motifs is 2. The normalized spacial score (nSPS) is 18.7. The van der Waals surface area contributed by atoms with Crippen LogP contribution in [0.4, 0.5) is 0 Å². The van der Waals surface area contributed by atoms with Crippen molar-refractivity contribution < 1.29 is 19.7 Å². The predicted octanol–water partition coefficient (Wildman–Crippen LogP) is 4.53. The number of hydrogen-bond acceptors (Lipinski definition) is 5. The molecule has 146 valence electrons. The third-order valence-corrected chi connectivity index (χ3v) is 5.58. The lowest BCUT2D eigenvalue weighted by Gasteiger charge is -2.30. The van der Waals surface area contributed by atoms with Crippen LogP contribution in [-0.4, -0.2) is 30.5 Å². The van der Waals surface area contributed by atoms with Crippen LogP contribution in [0.2, 0.25) is 0 Å². The average molecular weight is 379 g/mol. The highest BCUT2D eigenvalue weighted by atomic mass is 16.5. The zero-order valence-electron chi connectivity index (χ0n) is 16.5. The molecule has 2 atom stereocenters. The molecule has 1 heterocycles. The second-order valence-electron chi connectivity index (χ2n) is 7.38. The van der Waals surface area contributed by atoms with Gasteiger partial charge in [0.25, 0.3) is 0 Å². The lowest BCUT2D eigenvalue weighted by molar-refractivity contribution is 0.401. The molecule has 3 aromatic rings. The van der Waals surface area contributed by atoms with Crippen molar-refractivity contribution in [2.24, 2.45) is 0 Å². The fourth-order valence-electron chi connectivity index (χ4n) is 4.43. The average Bonchev–Trinajstić information content (AvgIpc) is 2.67. The number of ether oxygens (including phenoxy) is 2. The molecule has 0 aromatic heterocycles. The number of rotatable bonds is 3. The molecule has 0 spiro atoms. The molecule has 2 unspecified atom stereocenters. The van der Waals surface area contributed by atoms with Gasteiger partial charge < -0.3 is 25.0 Å². The second kappa shape index (κ2) is 6.91. The van der Waals surface area contributed by atoms with Crippen LogP contribution in [0, 0.1) is 0 Å². The Kier molecular flexibility index (Phi) is 4.55. The first-order valence-electron chi connectivity index (χ1n) is 9.44. The summed E-state index contributed by atoms with van der Waals surface area (Å²) < 4.78 is 11.0. The zero-order valence-corrected chi connectivity index (χ0v) is 16.5. The van der Waals surface area contributed by atoms with E-state index in [-0.39, 0.29) is 17.5 Å². The van der Waals surface area contributed by atoms with Crippen LogP contribution >= 0.6 is 0 Å². The van der Waals surface area contributed by atoms with Gasteiger partial charge in [-0.15, -0.1) is 0 Å². The summed E-state index contributed by atoms with van der Waals surface area (Å²) in [5.41, 5.74) is 3.19. The predicted molar refractivity (Wildman–Crippen MR) is 111 cm³/mol. The molecule has 3 aromatic carbocycles. The van der Waals surface area contributed by atoms with Crippen molar-refractivity contribution in [2.45, 2.75) is 32.4 Å². The Balaban J connectivity index is 2.04. The maximum absolute atomic E-state index is 11.2. The maximum Gasteiger partial charge on any atom is 0.134 e. The van der Waals surface area contributed by atoms with E-state index in [9.17, 15) is 10.2 Å². The first kappa shape index (κ1) is 18.4. The van der Waals surface area contributed by atoms with E-state index < -0.39 is 0 Å². The van der Waals surface area contributed by atoms with E-state index in [4.69, 9.17) is 9.47 Å². The standard InChI is InChI=1S/C23H25NO4/c1-12-10-14-8-9-16(23(26)20(14)13(2)24-12)21-15-6-5-7-18(27-3)22(15)19(28-4)11-17(21)25/h5-9,11-13,24-26H,10H2,1-4H3. The third-order valence-electron chi connectivity index (χ3n) is 5.58. The van der Waals surface area contributed by atoms with Crippen LogP contribution in [0.5, 0.6) is 23.0 Å². The highest BCUT2D eigenvalue weighted by molar-refractivity contribution is 6.07. The van der Waals surface area contributed by atoms with Gasteiger partial charge in [-0.25, -0.2) is 0 Å². The Labute approximate surface area is 164 Å². The van der Waals surface area contributed by atoms with Gasteiger partial charge in [0, 0.05) is 40.2 Å². The number of nitrogens with one attached hydrogen (secondary N) is 1. The fourth-order valence-corrected chi connectivity index (χ4v) is 4.43. The molecule has 3 N–H and O–H groups in total. The summed E-state index contributed by atoms with van der Waals surface area (Å²) >= 11 is 0. The Morgan fingerprint density at radius 2 is 1.75 bits per heavy atom. The number of methoxy groups -OCH3 is 2. The van der Waals surface area contributed by atoms with E-state index in [1.165, 1.54) is 0 Å². The first-order chi connectivity index (χ1) is 13.5. The van der Waals surface area contributed by atoms with Crippen LogP contribution in [0.3, 0.4) is 0 Å². The molecule has 0 amide bonds. The Hall–Kier alpha value is -2.92. The molecular formula is C23H25NO4. The van der Waals surface area contributed by atoms with Crippen molar-refractivity contribution in [3.8, 4) is 34.1 Å². The summed E-state index contributed by atoms with van der Waals surface area (Å²) in [7, 11) is 3.16. The van der Waals surface area contributed by atoms with Crippen LogP contribution in [0.25, 0.3) is 21.9 Å². The van der Waals surface area contributed by atoms with E-state index in [2.05, 4.69) is 12.2 Å². The summed E-state index contributed by atoms with van der Waals surface area (Å²) in [6.07, 6.45) is 0.858. The first-order valence-corrected chi connectivity index (χ1v) is 9.44. The molecule has 0 saturated heterocycles. The molecule has 4 rings (SSSR count). The smallest absolute Gasteiger partial charge is 0.134 e. The van der Waals surface area contributed by atoms with Crippen molar-refractivity contribution in [3.05, 3.63) is 47.5 Å². The van der Waals surface area contributed by atoms with Crippen LogP contribution in [-0.2, 0) is 6.42 Å². The van der Waals surface area contributed by atoms with Gasteiger partial charge in [-0.05, 0) is 31.9 Å². The van der Waals surface area contributed by atoms with Gasteiger partial charge in [-0.3, -0.25) is 0 Å². The Morgan fingerprint density at radius 3 is 2.46 bits per heavy atom. The Bertz CT molecular complexity index is 1060. The molecule has 0 aliphatic carbocycles. The lowest BCUT2D eigenvalue weighted by Crippen LogP contribution is -2.36. The molecule has 5 nitrogen and oxygen atoms in total. The summed E-state index contributed by atoms with van der Waals surface area (Å²) in [4.78, 5) is 0. The maximum atomic E-state index is 11.2. The summed E-state index contributed by atoms with van der Waals surface area (Å²) in [6, 6.07) is 11.5. The largest absolute Gasteiger partial charge is 0.507 e. The van der Waals surface area contributed by atoms with Gasteiger partial charge in [0.2, 0.25) is 0 Å². The minimum atomic E-state index is 0.0277. The van der Waals surface area contributed by atoms with E-state index in [0.29, 0.717) is 28.7 Å². The number of phenolic OH excluding ortho intramolecular Hbond substituents is 2. The van der Waals surface area contributed by atoms with Crippen molar-refractivity contribution in [1.29, 1.82) is 0 Å². The van der Waals surface area contributed by atoms with E-state index >= 15 is 0 Å². The second-order valence-corrected chi connectivity index (χ2v) is 7.38. The van der Waals surface area contributed by atoms with Crippen molar-refractivity contribution >= 4 is 10.8 Å². The lowest BCUT2D eigenvalue weighted by atomic mass is 9.86. The van der Waals surface area contributed by atoms with Gasteiger partial charge in [-0.1, -0.05) is 24.3 Å². The molecule has 28 heavy (non-hydrogen) atoms. The molecule has 0 saturated carbocycles. The number of aromatic hydroxyl groups is 2. The monoisotopic (exact) mass is 379 g/mol. The minimum absolute atomic E-state index is 0.0277. The summed E-state index contributed by atoms with van der Waals surface area (Å²) in [5.74, 6) is 1.43. The topological polar surface area (TPSA) is 71.0 Å². The molecule has 1 aliphatic heterocycles. The van der Waals surface area contributed by atoms with Crippen LogP contribution < -0.4 is 14.8 Å². The number of phenols is 2. The quantitative estimate of drug-likeness (QED) is 0.624. The van der Waals surface area contributed by atoms with Crippen LogP contribution in [0.1, 0.15) is 31.0 Å². The highest BCUT2D eigenvalue weighted by Gasteiger charge is 2.27. The summed E-state index contributed by atoms with van der Waals surface area (Å²) in [5, 5.41) is 27.0. The van der Waals surface area contributed by atoms with Gasteiger partial charge >= 0.3 is 0 Å². The minimum Gasteiger partial charge on any atom is -0.507 e. The number of hydrogen-bond donors (Lipinski definition) is 3. The van der Waals surface area contributed by atoms with E-state index in [1.807, 2.05) is 37.3 Å². The zero-order chi connectivity index (χ0) is 20.0. The summed E-state index contributed by atoms with van der Waals surface area (Å²) in [6.45, 7) is 4.19. The molecule has 5 heteroatoms. The van der Waals surface area contributed by atoms with Gasteiger partial charge in [0.15, 0.2) is 0 Å². The van der Waals surface area contributed by atoms with Crippen molar-refractivity contribution in [1.82, 2.24) is 5.32 Å². The van der Waals surface area contributed by atoms with Crippen molar-refractivity contribution in [2.75, 3.05) is 14.2 Å². The third kappa shape index (κ3) is 2.74. The van der Waals surface area contributed by atoms with Gasteiger partial charge in [-0.2, -0.15) is 0 Å². The molecule has 0 fully saturated rings. The molecule has 0 bridgehead atoms. The molecule has 1 aliphatic rings. The Morgan fingerprint density at radius 1 is 1.00 bits per heavy atom. The fraction of sp³-hybridized carbons (Fsp3) is 0.304. The van der Waals surface area contributed by atoms with Crippen molar-refractivity contribution in [3.63, 3.8) is 0 Å². The molecule has 0 radical (unpaired) electrons. The number of benzene rings is 3.